The van der Waals surface area contributed by atoms with Crippen LogP contribution in [0.5, 0.6) is 0 Å². The first-order chi connectivity index (χ1) is 10.5. The number of hydrogen-bond acceptors (Lipinski definition) is 3. The molecule has 2 aliphatic heterocycles. The maximum Gasteiger partial charge on any atom is 0.255 e. The fourth-order valence-corrected chi connectivity index (χ4v) is 3.28. The van der Waals surface area contributed by atoms with Crippen molar-refractivity contribution in [2.75, 3.05) is 24.5 Å². The third-order valence-corrected chi connectivity index (χ3v) is 4.54. The normalized spacial score (nSPS) is 20.4. The fraction of sp³-hybridized carbons (Fsp3) is 0.529. The van der Waals surface area contributed by atoms with Crippen LogP contribution < -0.4 is 10.2 Å². The Kier molecular flexibility index (Phi) is 3.81. The Labute approximate surface area is 131 Å². The van der Waals surface area contributed by atoms with Gasteiger partial charge in [-0.3, -0.25) is 9.59 Å². The molecule has 5 nitrogen and oxygen atoms in total. The van der Waals surface area contributed by atoms with Crippen LogP contribution >= 0.6 is 0 Å². The smallest absolute Gasteiger partial charge is 0.255 e. The van der Waals surface area contributed by atoms with Gasteiger partial charge in [0.1, 0.15) is 5.66 Å². The number of para-hydroxylation sites is 1. The molecule has 0 spiro atoms. The predicted octanol–water partition coefficient (Wildman–Crippen LogP) is 1.99. The largest absolute Gasteiger partial charge is 0.341 e. The van der Waals surface area contributed by atoms with E-state index in [1.165, 1.54) is 6.42 Å². The molecule has 3 rings (SSSR count). The lowest BCUT2D eigenvalue weighted by Crippen LogP contribution is -2.62. The number of rotatable bonds is 2. The van der Waals surface area contributed by atoms with Gasteiger partial charge in [-0.2, -0.15) is 0 Å². The summed E-state index contributed by atoms with van der Waals surface area (Å²) in [5.41, 5.74) is 0.895. The molecule has 1 aromatic carbocycles. The van der Waals surface area contributed by atoms with Crippen molar-refractivity contribution in [3.63, 3.8) is 0 Å². The standard InChI is InChI=1S/C17H23N3O2/c1-17(2)18-16(22)13-8-4-5-9-14(13)20(17)12-15(21)19-10-6-3-7-11-19/h4-5,8-9H,3,6-7,10-12H2,1-2H3,(H,18,22). The average Bonchev–Trinajstić information content (AvgIpc) is 2.51. The molecule has 0 bridgehead atoms. The van der Waals surface area contributed by atoms with Crippen molar-refractivity contribution >= 4 is 17.5 Å². The van der Waals surface area contributed by atoms with E-state index in [0.717, 1.165) is 31.6 Å². The summed E-state index contributed by atoms with van der Waals surface area (Å²) in [5.74, 6) is 0.0565. The van der Waals surface area contributed by atoms with Crippen molar-refractivity contribution in [3.05, 3.63) is 29.8 Å². The van der Waals surface area contributed by atoms with Crippen molar-refractivity contribution in [2.24, 2.45) is 0 Å². The first-order valence-electron chi connectivity index (χ1n) is 7.96. The van der Waals surface area contributed by atoms with Crippen LogP contribution in [0.25, 0.3) is 0 Å². The van der Waals surface area contributed by atoms with E-state index in [4.69, 9.17) is 0 Å². The predicted molar refractivity (Wildman–Crippen MR) is 85.8 cm³/mol. The Hall–Kier alpha value is -2.04. The van der Waals surface area contributed by atoms with Gasteiger partial charge in [-0.25, -0.2) is 0 Å². The molecule has 0 aliphatic carbocycles. The Morgan fingerprint density at radius 2 is 1.86 bits per heavy atom. The van der Waals surface area contributed by atoms with Crippen molar-refractivity contribution in [3.8, 4) is 0 Å². The number of carbonyl (C=O) groups is 2. The van der Waals surface area contributed by atoms with Crippen LogP contribution in [0.3, 0.4) is 0 Å². The second-order valence-corrected chi connectivity index (χ2v) is 6.56. The maximum atomic E-state index is 12.6. The summed E-state index contributed by atoms with van der Waals surface area (Å²) in [5, 5.41) is 2.99. The summed E-state index contributed by atoms with van der Waals surface area (Å²) >= 11 is 0. The monoisotopic (exact) mass is 301 g/mol. The lowest BCUT2D eigenvalue weighted by atomic mass is 10.0. The number of piperidine rings is 1. The zero-order chi connectivity index (χ0) is 15.7. The number of carbonyl (C=O) groups excluding carboxylic acids is 2. The van der Waals surface area contributed by atoms with Crippen LogP contribution in [-0.2, 0) is 4.79 Å². The number of amides is 2. The van der Waals surface area contributed by atoms with E-state index in [1.807, 2.05) is 41.8 Å². The second-order valence-electron chi connectivity index (χ2n) is 6.56. The molecule has 1 N–H and O–H groups in total. The third kappa shape index (κ3) is 2.67. The first kappa shape index (κ1) is 14.9. The van der Waals surface area contributed by atoms with E-state index in [1.54, 1.807) is 6.07 Å². The molecule has 0 aromatic heterocycles. The molecular weight excluding hydrogens is 278 g/mol. The lowest BCUT2D eigenvalue weighted by Gasteiger charge is -2.45. The zero-order valence-electron chi connectivity index (χ0n) is 13.3. The number of likely N-dealkylation sites (tertiary alicyclic amines) is 1. The summed E-state index contributed by atoms with van der Waals surface area (Å²) in [7, 11) is 0. The average molecular weight is 301 g/mol. The zero-order valence-corrected chi connectivity index (χ0v) is 13.3. The van der Waals surface area contributed by atoms with E-state index in [0.29, 0.717) is 12.1 Å². The minimum atomic E-state index is -0.573. The highest BCUT2D eigenvalue weighted by molar-refractivity contribution is 6.03. The Morgan fingerprint density at radius 3 is 2.59 bits per heavy atom. The topological polar surface area (TPSA) is 52.7 Å². The van der Waals surface area contributed by atoms with E-state index in [2.05, 4.69) is 5.32 Å². The summed E-state index contributed by atoms with van der Waals surface area (Å²) in [6.45, 7) is 5.86. The van der Waals surface area contributed by atoms with Gasteiger partial charge >= 0.3 is 0 Å². The van der Waals surface area contributed by atoms with Crippen LogP contribution in [0.1, 0.15) is 43.5 Å². The third-order valence-electron chi connectivity index (χ3n) is 4.54. The molecular formula is C17H23N3O2. The van der Waals surface area contributed by atoms with Gasteiger partial charge in [0.15, 0.2) is 0 Å². The molecule has 1 saturated heterocycles. The highest BCUT2D eigenvalue weighted by Gasteiger charge is 2.37. The molecule has 1 fully saturated rings. The van der Waals surface area contributed by atoms with E-state index in [-0.39, 0.29) is 11.8 Å². The van der Waals surface area contributed by atoms with Gasteiger partial charge in [0.05, 0.1) is 17.8 Å². The maximum absolute atomic E-state index is 12.6. The van der Waals surface area contributed by atoms with E-state index >= 15 is 0 Å². The summed E-state index contributed by atoms with van der Waals surface area (Å²) < 4.78 is 0. The van der Waals surface area contributed by atoms with Crippen LogP contribution in [-0.4, -0.2) is 42.0 Å². The minimum absolute atomic E-state index is 0.0812. The van der Waals surface area contributed by atoms with Gasteiger partial charge in [-0.05, 0) is 45.2 Å². The van der Waals surface area contributed by atoms with Crippen molar-refractivity contribution in [1.29, 1.82) is 0 Å². The van der Waals surface area contributed by atoms with Gasteiger partial charge in [-0.1, -0.05) is 12.1 Å². The molecule has 0 radical (unpaired) electrons. The van der Waals surface area contributed by atoms with Crippen molar-refractivity contribution in [2.45, 2.75) is 38.8 Å². The highest BCUT2D eigenvalue weighted by Crippen LogP contribution is 2.31. The number of benzene rings is 1. The summed E-state index contributed by atoms with van der Waals surface area (Å²) in [6, 6.07) is 7.48. The van der Waals surface area contributed by atoms with Gasteiger partial charge < -0.3 is 15.1 Å². The van der Waals surface area contributed by atoms with Crippen LogP contribution in [0, 0.1) is 0 Å². The van der Waals surface area contributed by atoms with Gasteiger partial charge in [-0.15, -0.1) is 0 Å². The number of anilines is 1. The van der Waals surface area contributed by atoms with Crippen LogP contribution in [0.15, 0.2) is 24.3 Å². The highest BCUT2D eigenvalue weighted by atomic mass is 16.2. The number of nitrogens with one attached hydrogen (secondary N) is 1. The number of nitrogens with zero attached hydrogens (tertiary/aromatic N) is 2. The lowest BCUT2D eigenvalue weighted by molar-refractivity contribution is -0.130. The van der Waals surface area contributed by atoms with Crippen LogP contribution in [0.2, 0.25) is 0 Å². The molecule has 0 unspecified atom stereocenters. The Morgan fingerprint density at radius 1 is 1.18 bits per heavy atom. The fourth-order valence-electron chi connectivity index (χ4n) is 3.28. The number of hydrogen-bond donors (Lipinski definition) is 1. The molecule has 0 saturated carbocycles. The molecule has 118 valence electrons. The quantitative estimate of drug-likeness (QED) is 0.909. The first-order valence-corrected chi connectivity index (χ1v) is 7.96. The Balaban J connectivity index is 1.86. The van der Waals surface area contributed by atoms with Crippen molar-refractivity contribution < 1.29 is 9.59 Å². The SMILES string of the molecule is CC1(C)NC(=O)c2ccccc2N1CC(=O)N1CCCCC1. The molecule has 2 heterocycles. The van der Waals surface area contributed by atoms with Crippen LogP contribution in [0.4, 0.5) is 5.69 Å². The molecule has 2 aliphatic rings. The van der Waals surface area contributed by atoms with Gasteiger partial charge in [0.2, 0.25) is 5.91 Å². The minimum Gasteiger partial charge on any atom is -0.341 e. The van der Waals surface area contributed by atoms with Gasteiger partial charge in [0.25, 0.3) is 5.91 Å². The summed E-state index contributed by atoms with van der Waals surface area (Å²) in [4.78, 5) is 28.8. The number of fused-ring (bicyclic) bond motifs is 1. The van der Waals surface area contributed by atoms with E-state index in [9.17, 15) is 9.59 Å². The van der Waals surface area contributed by atoms with Gasteiger partial charge in [0, 0.05) is 13.1 Å². The molecule has 1 aromatic rings. The molecule has 22 heavy (non-hydrogen) atoms. The molecule has 0 atom stereocenters. The van der Waals surface area contributed by atoms with Crippen molar-refractivity contribution in [1.82, 2.24) is 10.2 Å². The summed E-state index contributed by atoms with van der Waals surface area (Å²) in [6.07, 6.45) is 3.38. The second kappa shape index (κ2) is 5.63. The molecule has 2 amide bonds. The Bertz CT molecular complexity index is 591. The molecule has 5 heteroatoms. The van der Waals surface area contributed by atoms with E-state index < -0.39 is 5.66 Å².